The van der Waals surface area contributed by atoms with Crippen molar-refractivity contribution in [2.24, 2.45) is 24.8 Å². The van der Waals surface area contributed by atoms with Crippen LogP contribution in [-0.2, 0) is 14.1 Å². The molecular weight excluding hydrogens is 447 g/mol. The molecular formula is C24H20F3N5O2. The lowest BCUT2D eigenvalue weighted by atomic mass is 9.95. The van der Waals surface area contributed by atoms with E-state index in [2.05, 4.69) is 9.98 Å². The van der Waals surface area contributed by atoms with Crippen LogP contribution in [0, 0.1) is 0 Å². The third kappa shape index (κ3) is 4.29. The molecule has 0 fully saturated rings. The summed E-state index contributed by atoms with van der Waals surface area (Å²) in [7, 11) is 3.20. The van der Waals surface area contributed by atoms with E-state index in [1.807, 2.05) is 30.3 Å². The minimum absolute atomic E-state index is 0.0474. The van der Waals surface area contributed by atoms with E-state index >= 15 is 0 Å². The number of aliphatic imine (C=N–C) groups is 1. The van der Waals surface area contributed by atoms with E-state index in [1.165, 1.54) is 21.3 Å². The van der Waals surface area contributed by atoms with Gasteiger partial charge in [-0.25, -0.2) is 0 Å². The molecule has 0 amide bonds. The van der Waals surface area contributed by atoms with Gasteiger partial charge in [0.15, 0.2) is 0 Å². The first-order chi connectivity index (χ1) is 16.1. The van der Waals surface area contributed by atoms with Gasteiger partial charge in [-0.2, -0.15) is 4.99 Å². The third-order valence-electron chi connectivity index (χ3n) is 5.41. The van der Waals surface area contributed by atoms with E-state index in [0.29, 0.717) is 22.7 Å². The predicted octanol–water partition coefficient (Wildman–Crippen LogP) is 3.79. The summed E-state index contributed by atoms with van der Waals surface area (Å²) in [5.41, 5.74) is 7.92. The molecule has 0 unspecified atom stereocenters. The molecule has 34 heavy (non-hydrogen) atoms. The minimum atomic E-state index is -4.77. The van der Waals surface area contributed by atoms with Crippen LogP contribution in [0.5, 0.6) is 0 Å². The number of nitrogens with one attached hydrogen (secondary N) is 1. The average molecular weight is 467 g/mol. The van der Waals surface area contributed by atoms with Gasteiger partial charge < -0.3 is 19.9 Å². The molecule has 0 aliphatic heterocycles. The van der Waals surface area contributed by atoms with Crippen molar-refractivity contribution >= 4 is 22.7 Å². The maximum Gasteiger partial charge on any atom is 0.503 e. The summed E-state index contributed by atoms with van der Waals surface area (Å²) < 4.78 is 40.6. The van der Waals surface area contributed by atoms with E-state index < -0.39 is 6.30 Å². The number of aromatic nitrogens is 3. The Hall–Kier alpha value is -4.34. The molecule has 4 aromatic rings. The summed E-state index contributed by atoms with van der Waals surface area (Å²) in [6, 6.07) is 12.4. The molecule has 0 aliphatic rings. The molecule has 0 saturated carbocycles. The van der Waals surface area contributed by atoms with E-state index in [9.17, 15) is 22.8 Å². The largest absolute Gasteiger partial charge is 0.503 e. The predicted molar refractivity (Wildman–Crippen MR) is 126 cm³/mol. The van der Waals surface area contributed by atoms with Gasteiger partial charge in [0.2, 0.25) is 0 Å². The van der Waals surface area contributed by atoms with Crippen LogP contribution in [0.4, 0.5) is 13.2 Å². The summed E-state index contributed by atoms with van der Waals surface area (Å²) >= 11 is 0. The molecule has 3 heterocycles. The van der Waals surface area contributed by atoms with Gasteiger partial charge in [-0.3, -0.25) is 9.59 Å². The van der Waals surface area contributed by atoms with E-state index in [4.69, 9.17) is 5.73 Å². The Bertz CT molecular complexity index is 1560. The summed E-state index contributed by atoms with van der Waals surface area (Å²) in [5.74, 6) is 0. The number of allylic oxidation sites excluding steroid dienone is 1. The van der Waals surface area contributed by atoms with Crippen molar-refractivity contribution in [2.75, 3.05) is 0 Å². The number of hydrogen-bond donors (Lipinski definition) is 2. The maximum atomic E-state index is 12.8. The van der Waals surface area contributed by atoms with Gasteiger partial charge in [0.05, 0.1) is 0 Å². The Morgan fingerprint density at radius 2 is 1.68 bits per heavy atom. The topological polar surface area (TPSA) is 98.2 Å². The van der Waals surface area contributed by atoms with Gasteiger partial charge in [0.1, 0.15) is 5.52 Å². The number of aryl methyl sites for hydroxylation is 2. The molecule has 0 saturated heterocycles. The number of benzene rings is 1. The fraction of sp³-hybridized carbons (Fsp3) is 0.125. The molecule has 0 bridgehead atoms. The van der Waals surface area contributed by atoms with Gasteiger partial charge in [0.25, 0.3) is 11.1 Å². The molecule has 7 nitrogen and oxygen atoms in total. The summed E-state index contributed by atoms with van der Waals surface area (Å²) in [5, 5.41) is 0.434. The number of halogens is 3. The zero-order valence-corrected chi connectivity index (χ0v) is 18.2. The molecule has 0 radical (unpaired) electrons. The number of nitrogens with zero attached hydrogens (tertiary/aromatic N) is 3. The number of pyridine rings is 2. The highest BCUT2D eigenvalue weighted by Crippen LogP contribution is 2.35. The quantitative estimate of drug-likeness (QED) is 0.353. The zero-order valence-electron chi connectivity index (χ0n) is 18.2. The van der Waals surface area contributed by atoms with Crippen LogP contribution in [0.15, 0.2) is 75.6 Å². The van der Waals surface area contributed by atoms with Gasteiger partial charge in [-0.1, -0.05) is 30.3 Å². The standard InChI is InChI=1S/C24H20F3N5O2/c1-31-12-18(14-6-4-3-5-7-14)16(9-21(31)33)19-13-32(2)23(34)22-17(19)8-20(30-22)15(10-28)11-29-24(25,26)27/h3-13,30H,28H2,1-2H3/b15-10+,29-11+. The van der Waals surface area contributed by atoms with Crippen LogP contribution in [0.3, 0.4) is 0 Å². The smallest absolute Gasteiger partial charge is 0.404 e. The second-order valence-corrected chi connectivity index (χ2v) is 7.69. The van der Waals surface area contributed by atoms with Crippen LogP contribution in [0.25, 0.3) is 38.7 Å². The van der Waals surface area contributed by atoms with Gasteiger partial charge in [-0.05, 0) is 17.2 Å². The van der Waals surface area contributed by atoms with Gasteiger partial charge in [-0.15, -0.1) is 13.2 Å². The number of fused-ring (bicyclic) bond motifs is 1. The molecule has 3 aromatic heterocycles. The monoisotopic (exact) mass is 467 g/mol. The fourth-order valence-corrected chi connectivity index (χ4v) is 3.75. The SMILES string of the molecule is Cn1cc(-c2ccccc2)c(-c2cn(C)c(=O)c3[nH]c(C(=C/N)/C=N/C(F)(F)F)cc23)cc1=O. The van der Waals surface area contributed by atoms with Crippen molar-refractivity contribution in [2.45, 2.75) is 6.30 Å². The highest BCUT2D eigenvalue weighted by Gasteiger charge is 2.25. The Labute approximate surface area is 191 Å². The molecule has 174 valence electrons. The molecule has 0 spiro atoms. The van der Waals surface area contributed by atoms with Crippen molar-refractivity contribution in [1.82, 2.24) is 14.1 Å². The summed E-state index contributed by atoms with van der Waals surface area (Å²) in [4.78, 5) is 30.8. The molecule has 4 rings (SSSR count). The lowest BCUT2D eigenvalue weighted by Crippen LogP contribution is -2.18. The molecule has 0 atom stereocenters. The second kappa shape index (κ2) is 8.54. The highest BCUT2D eigenvalue weighted by molar-refractivity contribution is 6.11. The Morgan fingerprint density at radius 1 is 1.00 bits per heavy atom. The first-order valence-corrected chi connectivity index (χ1v) is 10.1. The number of nitrogens with two attached hydrogens (primary N) is 1. The molecule has 10 heteroatoms. The van der Waals surface area contributed by atoms with E-state index in [1.54, 1.807) is 26.5 Å². The fourth-order valence-electron chi connectivity index (χ4n) is 3.75. The van der Waals surface area contributed by atoms with Crippen LogP contribution >= 0.6 is 0 Å². The van der Waals surface area contributed by atoms with Crippen LogP contribution in [-0.4, -0.2) is 26.6 Å². The van der Waals surface area contributed by atoms with E-state index in [0.717, 1.165) is 17.3 Å². The summed E-state index contributed by atoms with van der Waals surface area (Å²) in [6.45, 7) is 0. The maximum absolute atomic E-state index is 12.8. The van der Waals surface area contributed by atoms with Crippen molar-refractivity contribution < 1.29 is 13.2 Å². The van der Waals surface area contributed by atoms with Crippen molar-refractivity contribution in [3.05, 3.63) is 87.5 Å². The van der Waals surface area contributed by atoms with Crippen LogP contribution in [0.1, 0.15) is 5.69 Å². The van der Waals surface area contributed by atoms with Gasteiger partial charge >= 0.3 is 6.30 Å². The first-order valence-electron chi connectivity index (χ1n) is 10.1. The van der Waals surface area contributed by atoms with Crippen molar-refractivity contribution in [3.8, 4) is 22.3 Å². The van der Waals surface area contributed by atoms with Crippen LogP contribution < -0.4 is 16.9 Å². The molecule has 1 aromatic carbocycles. The second-order valence-electron chi connectivity index (χ2n) is 7.69. The number of aromatic amines is 1. The summed E-state index contributed by atoms with van der Waals surface area (Å²) in [6.07, 6.45) is 0.0917. The third-order valence-corrected chi connectivity index (χ3v) is 5.41. The number of alkyl halides is 3. The van der Waals surface area contributed by atoms with Crippen molar-refractivity contribution in [1.29, 1.82) is 0 Å². The lowest BCUT2D eigenvalue weighted by molar-refractivity contribution is -0.118. The molecule has 0 aliphatic carbocycles. The number of hydrogen-bond acceptors (Lipinski definition) is 4. The highest BCUT2D eigenvalue weighted by atomic mass is 19.4. The lowest BCUT2D eigenvalue weighted by Gasteiger charge is -2.14. The minimum Gasteiger partial charge on any atom is -0.404 e. The normalized spacial score (nSPS) is 12.7. The Morgan fingerprint density at radius 3 is 2.32 bits per heavy atom. The van der Waals surface area contributed by atoms with Gasteiger partial charge in [0, 0.05) is 72.8 Å². The number of rotatable bonds is 4. The Kier molecular flexibility index (Phi) is 5.74. The average Bonchev–Trinajstić information content (AvgIpc) is 3.24. The number of H-pyrrole nitrogens is 1. The Balaban J connectivity index is 2.01. The molecule has 3 N–H and O–H groups in total. The van der Waals surface area contributed by atoms with Crippen LogP contribution in [0.2, 0.25) is 0 Å². The van der Waals surface area contributed by atoms with Crippen molar-refractivity contribution in [3.63, 3.8) is 0 Å². The van der Waals surface area contributed by atoms with E-state index in [-0.39, 0.29) is 27.9 Å². The first kappa shape index (κ1) is 22.8. The zero-order chi connectivity index (χ0) is 24.6.